The molecule has 0 spiro atoms. The molecule has 0 saturated carbocycles. The van der Waals surface area contributed by atoms with E-state index in [4.69, 9.17) is 5.11 Å². The van der Waals surface area contributed by atoms with Gasteiger partial charge < -0.3 is 5.11 Å². The number of hydrogen-bond acceptors (Lipinski definition) is 2. The van der Waals surface area contributed by atoms with Gasteiger partial charge in [-0.2, -0.15) is 0 Å². The Hall–Kier alpha value is -1.15. The van der Waals surface area contributed by atoms with E-state index in [1.54, 1.807) is 12.4 Å². The van der Waals surface area contributed by atoms with Crippen molar-refractivity contribution < 1.29 is 5.11 Å². The minimum Gasteiger partial charge on any atom is -0.392 e. The Morgan fingerprint density at radius 3 is 2.54 bits per heavy atom. The molecule has 0 unspecified atom stereocenters. The highest BCUT2D eigenvalue weighted by atomic mass is 16.3. The summed E-state index contributed by atoms with van der Waals surface area (Å²) in [6.45, 7) is 4.27. The fourth-order valence-corrected chi connectivity index (χ4v) is 1.07. The summed E-state index contributed by atoms with van der Waals surface area (Å²) in [6, 6.07) is 3.86. The predicted octanol–water partition coefficient (Wildman–Crippen LogP) is 2.11. The second-order valence-electron chi connectivity index (χ2n) is 3.31. The fourth-order valence-electron chi connectivity index (χ4n) is 1.07. The maximum Gasteiger partial charge on any atom is 0.0647 e. The topological polar surface area (TPSA) is 33.1 Å². The quantitative estimate of drug-likeness (QED) is 0.767. The van der Waals surface area contributed by atoms with E-state index >= 15 is 0 Å². The lowest BCUT2D eigenvalue weighted by atomic mass is 10.0. The second-order valence-corrected chi connectivity index (χ2v) is 3.31. The van der Waals surface area contributed by atoms with E-state index in [0.717, 1.165) is 11.1 Å². The SMILES string of the molecule is CC(C)/C(=C/c1ccncc1)CO. The van der Waals surface area contributed by atoms with Gasteiger partial charge in [0.15, 0.2) is 0 Å². The van der Waals surface area contributed by atoms with E-state index in [9.17, 15) is 0 Å². The average molecular weight is 177 g/mol. The van der Waals surface area contributed by atoms with Crippen molar-refractivity contribution in [3.63, 3.8) is 0 Å². The van der Waals surface area contributed by atoms with Crippen molar-refractivity contribution in [2.24, 2.45) is 5.92 Å². The molecule has 1 aromatic rings. The maximum atomic E-state index is 9.07. The highest BCUT2D eigenvalue weighted by molar-refractivity contribution is 5.52. The molecule has 1 rings (SSSR count). The largest absolute Gasteiger partial charge is 0.392 e. The van der Waals surface area contributed by atoms with Gasteiger partial charge in [-0.3, -0.25) is 4.98 Å². The molecule has 2 heteroatoms. The first-order valence-electron chi connectivity index (χ1n) is 4.45. The van der Waals surface area contributed by atoms with Gasteiger partial charge in [-0.05, 0) is 29.2 Å². The van der Waals surface area contributed by atoms with Crippen LogP contribution < -0.4 is 0 Å². The first-order valence-corrected chi connectivity index (χ1v) is 4.45. The van der Waals surface area contributed by atoms with Crippen molar-refractivity contribution in [1.82, 2.24) is 4.98 Å². The molecule has 0 atom stereocenters. The van der Waals surface area contributed by atoms with Crippen molar-refractivity contribution >= 4 is 6.08 Å². The zero-order chi connectivity index (χ0) is 9.68. The summed E-state index contributed by atoms with van der Waals surface area (Å²) in [6.07, 6.45) is 5.51. The molecule has 13 heavy (non-hydrogen) atoms. The predicted molar refractivity (Wildman–Crippen MR) is 54.1 cm³/mol. The van der Waals surface area contributed by atoms with Gasteiger partial charge in [0.05, 0.1) is 6.61 Å². The van der Waals surface area contributed by atoms with Gasteiger partial charge >= 0.3 is 0 Å². The number of aromatic nitrogens is 1. The molecule has 0 bridgehead atoms. The fraction of sp³-hybridized carbons (Fsp3) is 0.364. The van der Waals surface area contributed by atoms with Crippen LogP contribution in [-0.2, 0) is 0 Å². The van der Waals surface area contributed by atoms with Gasteiger partial charge in [0, 0.05) is 12.4 Å². The molecule has 0 amide bonds. The van der Waals surface area contributed by atoms with Crippen LogP contribution in [-0.4, -0.2) is 16.7 Å². The van der Waals surface area contributed by atoms with Crippen LogP contribution in [0.3, 0.4) is 0 Å². The summed E-state index contributed by atoms with van der Waals surface area (Å²) in [5.74, 6) is 0.387. The van der Waals surface area contributed by atoms with E-state index < -0.39 is 0 Å². The molecule has 1 heterocycles. The summed E-state index contributed by atoms with van der Waals surface area (Å²) >= 11 is 0. The second kappa shape index (κ2) is 4.77. The number of aliphatic hydroxyl groups excluding tert-OH is 1. The summed E-state index contributed by atoms with van der Waals surface area (Å²) in [4.78, 5) is 3.93. The summed E-state index contributed by atoms with van der Waals surface area (Å²) in [5, 5.41) is 9.07. The molecular weight excluding hydrogens is 162 g/mol. The third-order valence-electron chi connectivity index (χ3n) is 1.98. The van der Waals surface area contributed by atoms with E-state index in [1.807, 2.05) is 18.2 Å². The summed E-state index contributed by atoms with van der Waals surface area (Å²) in [7, 11) is 0. The molecule has 0 fully saturated rings. The Morgan fingerprint density at radius 2 is 2.08 bits per heavy atom. The number of rotatable bonds is 3. The smallest absolute Gasteiger partial charge is 0.0647 e. The van der Waals surface area contributed by atoms with Gasteiger partial charge in [-0.25, -0.2) is 0 Å². The van der Waals surface area contributed by atoms with Crippen LogP contribution in [0.4, 0.5) is 0 Å². The van der Waals surface area contributed by atoms with E-state index in [0.29, 0.717) is 5.92 Å². The van der Waals surface area contributed by atoms with E-state index in [1.165, 1.54) is 0 Å². The van der Waals surface area contributed by atoms with Crippen molar-refractivity contribution in [3.8, 4) is 0 Å². The molecule has 0 aliphatic carbocycles. The van der Waals surface area contributed by atoms with Gasteiger partial charge in [0.2, 0.25) is 0 Å². The normalized spacial score (nSPS) is 12.2. The Labute approximate surface area is 78.9 Å². The lowest BCUT2D eigenvalue weighted by Gasteiger charge is -2.07. The lowest BCUT2D eigenvalue weighted by Crippen LogP contribution is -1.98. The Morgan fingerprint density at radius 1 is 1.46 bits per heavy atom. The summed E-state index contributed by atoms with van der Waals surface area (Å²) in [5.41, 5.74) is 2.14. The van der Waals surface area contributed by atoms with Crippen LogP contribution in [0.1, 0.15) is 19.4 Å². The van der Waals surface area contributed by atoms with Crippen LogP contribution in [0.5, 0.6) is 0 Å². The third kappa shape index (κ3) is 2.99. The zero-order valence-corrected chi connectivity index (χ0v) is 8.07. The third-order valence-corrected chi connectivity index (χ3v) is 1.98. The van der Waals surface area contributed by atoms with Gasteiger partial charge in [0.1, 0.15) is 0 Å². The van der Waals surface area contributed by atoms with Crippen molar-refractivity contribution in [2.45, 2.75) is 13.8 Å². The Bertz CT molecular complexity index is 277. The molecule has 0 aromatic carbocycles. The molecule has 70 valence electrons. The van der Waals surface area contributed by atoms with E-state index in [-0.39, 0.29) is 6.61 Å². The van der Waals surface area contributed by atoms with Crippen molar-refractivity contribution in [3.05, 3.63) is 35.7 Å². The average Bonchev–Trinajstić information content (AvgIpc) is 2.15. The minimum absolute atomic E-state index is 0.125. The van der Waals surface area contributed by atoms with Crippen molar-refractivity contribution in [2.75, 3.05) is 6.61 Å². The maximum absolute atomic E-state index is 9.07. The standard InChI is InChI=1S/C11H15NO/c1-9(2)11(8-13)7-10-3-5-12-6-4-10/h3-7,9,13H,8H2,1-2H3/b11-7+. The summed E-state index contributed by atoms with van der Waals surface area (Å²) < 4.78 is 0. The highest BCUT2D eigenvalue weighted by Crippen LogP contribution is 2.13. The number of pyridine rings is 1. The number of hydrogen-bond donors (Lipinski definition) is 1. The molecule has 0 radical (unpaired) electrons. The first kappa shape index (κ1) is 9.93. The number of aliphatic hydroxyl groups is 1. The molecule has 0 aliphatic heterocycles. The van der Waals surface area contributed by atoms with Crippen LogP contribution in [0.15, 0.2) is 30.1 Å². The van der Waals surface area contributed by atoms with Crippen LogP contribution in [0, 0.1) is 5.92 Å². The van der Waals surface area contributed by atoms with Gasteiger partial charge in [-0.1, -0.05) is 19.9 Å². The molecular formula is C11H15NO. The lowest BCUT2D eigenvalue weighted by molar-refractivity contribution is 0.320. The highest BCUT2D eigenvalue weighted by Gasteiger charge is 2.00. The van der Waals surface area contributed by atoms with Gasteiger partial charge in [-0.15, -0.1) is 0 Å². The molecule has 1 N–H and O–H groups in total. The Balaban J connectivity index is 2.85. The van der Waals surface area contributed by atoms with Crippen LogP contribution in [0.25, 0.3) is 6.08 Å². The first-order chi connectivity index (χ1) is 6.24. The molecule has 0 saturated heterocycles. The number of nitrogens with zero attached hydrogens (tertiary/aromatic N) is 1. The molecule has 0 aliphatic rings. The van der Waals surface area contributed by atoms with Gasteiger partial charge in [0.25, 0.3) is 0 Å². The van der Waals surface area contributed by atoms with Crippen LogP contribution in [0.2, 0.25) is 0 Å². The van der Waals surface area contributed by atoms with E-state index in [2.05, 4.69) is 18.8 Å². The zero-order valence-electron chi connectivity index (χ0n) is 8.07. The monoisotopic (exact) mass is 177 g/mol. The molecule has 1 aromatic heterocycles. The van der Waals surface area contributed by atoms with Crippen molar-refractivity contribution in [1.29, 1.82) is 0 Å². The molecule has 2 nitrogen and oxygen atoms in total. The minimum atomic E-state index is 0.125. The van der Waals surface area contributed by atoms with Crippen LogP contribution >= 0.6 is 0 Å². The Kier molecular flexibility index (Phi) is 3.65.